The highest BCUT2D eigenvalue weighted by molar-refractivity contribution is 7.79. The molecule has 0 bridgehead atoms. The second-order valence-electron chi connectivity index (χ2n) is 6.55. The highest BCUT2D eigenvalue weighted by Crippen LogP contribution is 2.42. The van der Waals surface area contributed by atoms with Crippen LogP contribution >= 0.6 is 0 Å². The number of phenols is 1. The van der Waals surface area contributed by atoms with Gasteiger partial charge in [-0.3, -0.25) is 14.1 Å². The number of benzene rings is 3. The number of hydrogen-bond donors (Lipinski definition) is 3. The first-order valence-corrected chi connectivity index (χ1v) is 10.4. The fourth-order valence-electron chi connectivity index (χ4n) is 3.43. The van der Waals surface area contributed by atoms with E-state index in [9.17, 15) is 5.11 Å². The van der Waals surface area contributed by atoms with Gasteiger partial charge in [0.2, 0.25) is 0 Å². The molecular formula is C21H21NO9S. The summed E-state index contributed by atoms with van der Waals surface area (Å²) in [6.07, 6.45) is 1.78. The molecule has 0 atom stereocenters. The van der Waals surface area contributed by atoms with Crippen molar-refractivity contribution in [1.82, 2.24) is 4.98 Å². The summed E-state index contributed by atoms with van der Waals surface area (Å²) >= 11 is 0. The predicted octanol–water partition coefficient (Wildman–Crippen LogP) is 3.63. The molecule has 1 heterocycles. The van der Waals surface area contributed by atoms with Crippen molar-refractivity contribution >= 4 is 42.8 Å². The lowest BCUT2D eigenvalue weighted by molar-refractivity contribution is 0.355. The normalized spacial score (nSPS) is 11.2. The van der Waals surface area contributed by atoms with Crippen molar-refractivity contribution < 1.29 is 41.6 Å². The van der Waals surface area contributed by atoms with E-state index in [0.29, 0.717) is 28.4 Å². The monoisotopic (exact) mass is 463 g/mol. The van der Waals surface area contributed by atoms with E-state index in [-0.39, 0.29) is 5.75 Å². The molecule has 10 nitrogen and oxygen atoms in total. The number of nitrogens with zero attached hydrogens (tertiary/aromatic N) is 1. The molecule has 1 aromatic heterocycles. The van der Waals surface area contributed by atoms with Crippen LogP contribution < -0.4 is 18.9 Å². The molecule has 11 heteroatoms. The van der Waals surface area contributed by atoms with E-state index in [4.69, 9.17) is 36.5 Å². The van der Waals surface area contributed by atoms with Gasteiger partial charge in [-0.15, -0.1) is 0 Å². The lowest BCUT2D eigenvalue weighted by Gasteiger charge is -2.14. The average molecular weight is 463 g/mol. The molecule has 0 aliphatic carbocycles. The van der Waals surface area contributed by atoms with E-state index in [1.807, 2.05) is 18.2 Å². The topological polar surface area (TPSA) is 145 Å². The Morgan fingerprint density at radius 2 is 1.09 bits per heavy atom. The van der Waals surface area contributed by atoms with Gasteiger partial charge in [0, 0.05) is 27.7 Å². The third-order valence-electron chi connectivity index (χ3n) is 4.77. The van der Waals surface area contributed by atoms with E-state index in [0.717, 1.165) is 27.1 Å². The van der Waals surface area contributed by atoms with E-state index >= 15 is 0 Å². The van der Waals surface area contributed by atoms with Crippen LogP contribution in [0, 0.1) is 0 Å². The number of ether oxygens (including phenoxy) is 4. The molecule has 0 fully saturated rings. The van der Waals surface area contributed by atoms with Crippen molar-refractivity contribution in [3.63, 3.8) is 0 Å². The lowest BCUT2D eigenvalue weighted by Crippen LogP contribution is -1.93. The Balaban J connectivity index is 0.000000523. The summed E-state index contributed by atoms with van der Waals surface area (Å²) in [4.78, 5) is 4.64. The van der Waals surface area contributed by atoms with E-state index in [2.05, 4.69) is 4.98 Å². The van der Waals surface area contributed by atoms with Crippen LogP contribution in [-0.4, -0.2) is 56.1 Å². The zero-order valence-electron chi connectivity index (χ0n) is 17.6. The van der Waals surface area contributed by atoms with Crippen LogP contribution in [0.25, 0.3) is 32.4 Å². The maximum Gasteiger partial charge on any atom is 0.394 e. The summed E-state index contributed by atoms with van der Waals surface area (Å²) in [6.45, 7) is 0. The maximum atomic E-state index is 10.7. The number of aromatic nitrogens is 1. The van der Waals surface area contributed by atoms with Crippen molar-refractivity contribution in [2.75, 3.05) is 28.4 Å². The van der Waals surface area contributed by atoms with E-state index < -0.39 is 10.4 Å². The number of methoxy groups -OCH3 is 4. The minimum absolute atomic E-state index is 0.141. The Morgan fingerprint density at radius 3 is 1.59 bits per heavy atom. The van der Waals surface area contributed by atoms with Crippen LogP contribution in [0.2, 0.25) is 0 Å². The van der Waals surface area contributed by atoms with Gasteiger partial charge < -0.3 is 24.1 Å². The molecule has 0 amide bonds. The first-order chi connectivity index (χ1) is 15.1. The Labute approximate surface area is 183 Å². The Hall–Kier alpha value is -3.54. The maximum absolute atomic E-state index is 10.7. The van der Waals surface area contributed by atoms with Crippen LogP contribution in [0.4, 0.5) is 0 Å². The molecule has 0 saturated carbocycles. The van der Waals surface area contributed by atoms with Crippen LogP contribution in [-0.2, 0) is 10.4 Å². The molecule has 0 aliphatic heterocycles. The minimum Gasteiger partial charge on any atom is -0.507 e. The summed E-state index contributed by atoms with van der Waals surface area (Å²) in [6, 6.07) is 9.06. The second kappa shape index (κ2) is 8.91. The Bertz CT molecular complexity index is 1410. The fraction of sp³-hybridized carbons (Fsp3) is 0.190. The molecule has 0 spiro atoms. The van der Waals surface area contributed by atoms with Gasteiger partial charge in [-0.25, -0.2) is 0 Å². The molecule has 170 valence electrons. The van der Waals surface area contributed by atoms with Crippen molar-refractivity contribution in [1.29, 1.82) is 0 Å². The Morgan fingerprint density at radius 1 is 0.688 bits per heavy atom. The summed E-state index contributed by atoms with van der Waals surface area (Å²) in [7, 11) is 1.66. The molecule has 0 radical (unpaired) electrons. The van der Waals surface area contributed by atoms with Crippen molar-refractivity contribution in [3.05, 3.63) is 36.5 Å². The number of fused-ring (bicyclic) bond motifs is 5. The lowest BCUT2D eigenvalue weighted by atomic mass is 10.00. The van der Waals surface area contributed by atoms with E-state index in [1.54, 1.807) is 46.8 Å². The van der Waals surface area contributed by atoms with Crippen molar-refractivity contribution in [2.24, 2.45) is 0 Å². The molecule has 0 unspecified atom stereocenters. The third kappa shape index (κ3) is 4.54. The number of rotatable bonds is 4. The molecular weight excluding hydrogens is 442 g/mol. The van der Waals surface area contributed by atoms with Gasteiger partial charge in [0.1, 0.15) is 5.75 Å². The average Bonchev–Trinajstić information content (AvgIpc) is 2.76. The fourth-order valence-corrected chi connectivity index (χ4v) is 3.43. The van der Waals surface area contributed by atoms with Crippen molar-refractivity contribution in [3.8, 4) is 28.7 Å². The zero-order valence-corrected chi connectivity index (χ0v) is 18.4. The SMILES string of the molecule is COc1cc2cnc3c4cc(OC)c(OC)cc4c(O)cc3c2cc1OC.O=S(=O)(O)O. The first kappa shape index (κ1) is 23.1. The zero-order chi connectivity index (χ0) is 23.6. The highest BCUT2D eigenvalue weighted by atomic mass is 32.3. The molecule has 32 heavy (non-hydrogen) atoms. The van der Waals surface area contributed by atoms with Gasteiger partial charge >= 0.3 is 10.4 Å². The van der Waals surface area contributed by atoms with Crippen LogP contribution in [0.15, 0.2) is 36.5 Å². The van der Waals surface area contributed by atoms with Gasteiger partial charge in [-0.1, -0.05) is 0 Å². The van der Waals surface area contributed by atoms with Gasteiger partial charge in [0.25, 0.3) is 0 Å². The number of aromatic hydroxyl groups is 1. The molecule has 4 rings (SSSR count). The molecule has 3 aromatic carbocycles. The quantitative estimate of drug-likeness (QED) is 0.303. The Kier molecular flexibility index (Phi) is 6.44. The number of phenolic OH excluding ortho intramolecular Hbond substituents is 1. The summed E-state index contributed by atoms with van der Waals surface area (Å²) in [5, 5.41) is 14.7. The van der Waals surface area contributed by atoms with Crippen LogP contribution in [0.3, 0.4) is 0 Å². The number of hydrogen-bond acceptors (Lipinski definition) is 8. The minimum atomic E-state index is -4.67. The van der Waals surface area contributed by atoms with Crippen LogP contribution in [0.5, 0.6) is 28.7 Å². The summed E-state index contributed by atoms with van der Waals surface area (Å²) in [5.41, 5.74) is 0.753. The summed E-state index contributed by atoms with van der Waals surface area (Å²) < 4.78 is 53.2. The van der Waals surface area contributed by atoms with E-state index in [1.165, 1.54) is 0 Å². The standard InChI is InChI=1S/C21H19NO5.H2O4S/c1-24-17-5-11-10-22-21-14(12(11)7-18(17)25-2)6-16(23)13-8-19(26-3)20(27-4)9-15(13)21;1-5(2,3)4/h5-10,23H,1-4H3;(H2,1,2,3,4). The largest absolute Gasteiger partial charge is 0.507 e. The van der Waals surface area contributed by atoms with Crippen molar-refractivity contribution in [2.45, 2.75) is 0 Å². The first-order valence-electron chi connectivity index (χ1n) is 9.03. The molecule has 0 aliphatic rings. The summed E-state index contributed by atoms with van der Waals surface area (Å²) in [5.74, 6) is 2.51. The second-order valence-corrected chi connectivity index (χ2v) is 7.44. The molecule has 3 N–H and O–H groups in total. The smallest absolute Gasteiger partial charge is 0.394 e. The molecule has 4 aromatic rings. The van der Waals surface area contributed by atoms with Gasteiger partial charge in [-0.05, 0) is 35.7 Å². The predicted molar refractivity (Wildman–Crippen MR) is 119 cm³/mol. The van der Waals surface area contributed by atoms with Crippen LogP contribution in [0.1, 0.15) is 0 Å². The van der Waals surface area contributed by atoms with Gasteiger partial charge in [0.05, 0.1) is 34.0 Å². The third-order valence-corrected chi connectivity index (χ3v) is 4.77. The highest BCUT2D eigenvalue weighted by Gasteiger charge is 2.16. The van der Waals surface area contributed by atoms with Gasteiger partial charge in [-0.2, -0.15) is 8.42 Å². The van der Waals surface area contributed by atoms with Gasteiger partial charge in [0.15, 0.2) is 23.0 Å². The number of pyridine rings is 1. The molecule has 0 saturated heterocycles.